The molecule has 0 saturated heterocycles. The van der Waals surface area contributed by atoms with Crippen LogP contribution in [0.1, 0.15) is 11.8 Å². The van der Waals surface area contributed by atoms with Crippen molar-refractivity contribution in [3.8, 4) is 0 Å². The lowest BCUT2D eigenvalue weighted by molar-refractivity contribution is 0.106. The first-order chi connectivity index (χ1) is 6.59. The molecule has 0 fully saturated rings. The molecule has 1 heterocycles. The minimum atomic E-state index is -2.30. The number of rotatable bonds is 5. The average Bonchev–Trinajstić information content (AvgIpc) is 2.51. The number of nitrogens with one attached hydrogen (secondary N) is 1. The molecule has 1 rings (SSSR count). The zero-order chi connectivity index (χ0) is 10.6. The van der Waals surface area contributed by atoms with Crippen LogP contribution in [-0.2, 0) is 6.42 Å². The van der Waals surface area contributed by atoms with Crippen molar-refractivity contribution >= 4 is 22.9 Å². The molecule has 1 atom stereocenters. The fourth-order valence-corrected chi connectivity index (χ4v) is 2.09. The van der Waals surface area contributed by atoms with Gasteiger partial charge in [-0.15, -0.1) is 11.3 Å². The summed E-state index contributed by atoms with van der Waals surface area (Å²) < 4.78 is 24.9. The van der Waals surface area contributed by atoms with Crippen LogP contribution in [0.2, 0.25) is 4.34 Å². The van der Waals surface area contributed by atoms with E-state index in [-0.39, 0.29) is 0 Å². The maximum Gasteiger partial charge on any atom is 0.253 e. The maximum atomic E-state index is 12.1. The highest BCUT2D eigenvalue weighted by Gasteiger charge is 2.12. The number of thiophene rings is 1. The third kappa shape index (κ3) is 3.90. The highest BCUT2D eigenvalue weighted by molar-refractivity contribution is 7.16. The van der Waals surface area contributed by atoms with Crippen molar-refractivity contribution in [1.82, 2.24) is 5.32 Å². The second-order valence-corrected chi connectivity index (χ2v) is 4.83. The molecule has 0 aliphatic rings. The van der Waals surface area contributed by atoms with Gasteiger partial charge in [-0.05, 0) is 25.5 Å². The van der Waals surface area contributed by atoms with Gasteiger partial charge in [-0.25, -0.2) is 8.78 Å². The molecule has 1 aromatic rings. The van der Waals surface area contributed by atoms with E-state index in [1.807, 2.05) is 12.1 Å². The molecule has 1 N–H and O–H groups in total. The fraction of sp³-hybridized carbons (Fsp3) is 0.556. The Kier molecular flexibility index (Phi) is 4.78. The van der Waals surface area contributed by atoms with E-state index in [0.29, 0.717) is 6.54 Å². The molecule has 1 unspecified atom stereocenters. The van der Waals surface area contributed by atoms with E-state index in [2.05, 4.69) is 5.32 Å². The molecule has 0 aliphatic carbocycles. The SMILES string of the molecule is CC(NCCc1ccc(Cl)s1)C(F)F. The lowest BCUT2D eigenvalue weighted by atomic mass is 10.3. The standard InChI is InChI=1S/C9H12ClF2NS/c1-6(9(11)12)13-5-4-7-2-3-8(10)14-7/h2-3,6,9,13H,4-5H2,1H3. The third-order valence-electron chi connectivity index (χ3n) is 1.84. The summed E-state index contributed by atoms with van der Waals surface area (Å²) in [4.78, 5) is 1.11. The summed E-state index contributed by atoms with van der Waals surface area (Å²) in [5.41, 5.74) is 0. The molecule has 0 amide bonds. The van der Waals surface area contributed by atoms with Crippen molar-refractivity contribution in [3.63, 3.8) is 0 Å². The van der Waals surface area contributed by atoms with Gasteiger partial charge in [0.15, 0.2) is 0 Å². The van der Waals surface area contributed by atoms with Gasteiger partial charge >= 0.3 is 0 Å². The first-order valence-corrected chi connectivity index (χ1v) is 5.55. The highest BCUT2D eigenvalue weighted by Crippen LogP contribution is 2.21. The number of halogens is 3. The maximum absolute atomic E-state index is 12.1. The molecule has 0 saturated carbocycles. The molecule has 0 aromatic carbocycles. The second kappa shape index (κ2) is 5.63. The monoisotopic (exact) mass is 239 g/mol. The summed E-state index contributed by atoms with van der Waals surface area (Å²) in [5, 5.41) is 2.75. The lowest BCUT2D eigenvalue weighted by Gasteiger charge is -2.11. The van der Waals surface area contributed by atoms with Crippen LogP contribution in [0, 0.1) is 0 Å². The van der Waals surface area contributed by atoms with E-state index in [1.54, 1.807) is 0 Å². The zero-order valence-electron chi connectivity index (χ0n) is 7.77. The van der Waals surface area contributed by atoms with Crippen LogP contribution in [0.4, 0.5) is 8.78 Å². The number of hydrogen-bond acceptors (Lipinski definition) is 2. The molecule has 14 heavy (non-hydrogen) atoms. The summed E-state index contributed by atoms with van der Waals surface area (Å²) in [6.07, 6.45) is -1.56. The van der Waals surface area contributed by atoms with Gasteiger partial charge in [0, 0.05) is 11.4 Å². The summed E-state index contributed by atoms with van der Waals surface area (Å²) in [6, 6.07) is 2.99. The van der Waals surface area contributed by atoms with Crippen molar-refractivity contribution < 1.29 is 8.78 Å². The van der Waals surface area contributed by atoms with Crippen molar-refractivity contribution in [2.45, 2.75) is 25.8 Å². The minimum absolute atomic E-state index is 0.558. The third-order valence-corrected chi connectivity index (χ3v) is 3.14. The van der Waals surface area contributed by atoms with Crippen molar-refractivity contribution in [3.05, 3.63) is 21.3 Å². The van der Waals surface area contributed by atoms with Crippen LogP contribution in [0.5, 0.6) is 0 Å². The number of alkyl halides is 2. The van der Waals surface area contributed by atoms with Crippen molar-refractivity contribution in [2.75, 3.05) is 6.54 Å². The van der Waals surface area contributed by atoms with Crippen LogP contribution in [-0.4, -0.2) is 19.0 Å². The molecule has 80 valence electrons. The minimum Gasteiger partial charge on any atom is -0.309 e. The Morgan fingerprint density at radius 1 is 1.50 bits per heavy atom. The Morgan fingerprint density at radius 2 is 2.21 bits per heavy atom. The molecule has 0 radical (unpaired) electrons. The van der Waals surface area contributed by atoms with Gasteiger partial charge in [0.2, 0.25) is 0 Å². The molecular formula is C9H12ClF2NS. The Morgan fingerprint density at radius 3 is 2.71 bits per heavy atom. The first kappa shape index (κ1) is 11.9. The molecular weight excluding hydrogens is 228 g/mol. The molecule has 1 aromatic heterocycles. The summed E-state index contributed by atoms with van der Waals surface area (Å²) in [5.74, 6) is 0. The molecule has 1 nitrogen and oxygen atoms in total. The first-order valence-electron chi connectivity index (χ1n) is 4.35. The smallest absolute Gasteiger partial charge is 0.253 e. The fourth-order valence-electron chi connectivity index (χ4n) is 0.998. The van der Waals surface area contributed by atoms with E-state index < -0.39 is 12.5 Å². The summed E-state index contributed by atoms with van der Waals surface area (Å²) in [6.45, 7) is 2.04. The van der Waals surface area contributed by atoms with Gasteiger partial charge in [-0.2, -0.15) is 0 Å². The van der Waals surface area contributed by atoms with Gasteiger partial charge in [0.25, 0.3) is 6.43 Å². The van der Waals surface area contributed by atoms with Crippen molar-refractivity contribution in [2.24, 2.45) is 0 Å². The van der Waals surface area contributed by atoms with Gasteiger partial charge in [0.1, 0.15) is 0 Å². The highest BCUT2D eigenvalue weighted by atomic mass is 35.5. The van der Waals surface area contributed by atoms with Gasteiger partial charge in [-0.1, -0.05) is 11.6 Å². The Balaban J connectivity index is 2.22. The van der Waals surface area contributed by atoms with E-state index in [4.69, 9.17) is 11.6 Å². The van der Waals surface area contributed by atoms with Crippen molar-refractivity contribution in [1.29, 1.82) is 0 Å². The van der Waals surface area contributed by atoms with E-state index in [1.165, 1.54) is 18.3 Å². The predicted molar refractivity (Wildman–Crippen MR) is 56.5 cm³/mol. The zero-order valence-corrected chi connectivity index (χ0v) is 9.34. The summed E-state index contributed by atoms with van der Waals surface area (Å²) >= 11 is 7.22. The van der Waals surface area contributed by atoms with Crippen LogP contribution in [0.15, 0.2) is 12.1 Å². The second-order valence-electron chi connectivity index (χ2n) is 3.03. The van der Waals surface area contributed by atoms with Gasteiger partial charge in [0.05, 0.1) is 10.4 Å². The van der Waals surface area contributed by atoms with Crippen LogP contribution >= 0.6 is 22.9 Å². The van der Waals surface area contributed by atoms with Crippen LogP contribution < -0.4 is 5.32 Å². The summed E-state index contributed by atoms with van der Waals surface area (Å²) in [7, 11) is 0. The van der Waals surface area contributed by atoms with Crippen LogP contribution in [0.3, 0.4) is 0 Å². The van der Waals surface area contributed by atoms with E-state index in [0.717, 1.165) is 15.6 Å². The Labute approximate surface area is 91.1 Å². The Hall–Kier alpha value is -0.190. The van der Waals surface area contributed by atoms with Crippen LogP contribution in [0.25, 0.3) is 0 Å². The van der Waals surface area contributed by atoms with E-state index >= 15 is 0 Å². The predicted octanol–water partition coefficient (Wildman–Crippen LogP) is 3.19. The van der Waals surface area contributed by atoms with Gasteiger partial charge in [-0.3, -0.25) is 0 Å². The van der Waals surface area contributed by atoms with Gasteiger partial charge < -0.3 is 5.32 Å². The molecule has 0 aliphatic heterocycles. The largest absolute Gasteiger partial charge is 0.309 e. The topological polar surface area (TPSA) is 12.0 Å². The molecule has 5 heteroatoms. The molecule has 0 bridgehead atoms. The number of hydrogen-bond donors (Lipinski definition) is 1. The normalized spacial score (nSPS) is 13.5. The molecule has 0 spiro atoms. The lowest BCUT2D eigenvalue weighted by Crippen LogP contribution is -2.33. The Bertz CT molecular complexity index is 278. The average molecular weight is 240 g/mol. The quantitative estimate of drug-likeness (QED) is 0.832. The van der Waals surface area contributed by atoms with E-state index in [9.17, 15) is 8.78 Å².